The summed E-state index contributed by atoms with van der Waals surface area (Å²) in [4.78, 5) is 0. The van der Waals surface area contributed by atoms with Crippen molar-refractivity contribution in [2.75, 3.05) is 0 Å². The predicted octanol–water partition coefficient (Wildman–Crippen LogP) is 6.51. The fourth-order valence-electron chi connectivity index (χ4n) is 2.77. The zero-order chi connectivity index (χ0) is 21.3. The minimum absolute atomic E-state index is 0. The quantitative estimate of drug-likeness (QED) is 0.364. The summed E-state index contributed by atoms with van der Waals surface area (Å²) in [5.41, 5.74) is 3.42. The number of allylic oxidation sites excluding steroid dienone is 1. The first-order chi connectivity index (χ1) is 14.8. The Morgan fingerprint density at radius 1 is 0.710 bits per heavy atom. The van der Waals surface area contributed by atoms with E-state index in [0.29, 0.717) is 0 Å². The van der Waals surface area contributed by atoms with E-state index in [4.69, 9.17) is 0 Å². The Morgan fingerprint density at radius 3 is 1.55 bits per heavy atom. The van der Waals surface area contributed by atoms with Crippen molar-refractivity contribution in [3.05, 3.63) is 142 Å². The molecule has 2 aromatic carbocycles. The summed E-state index contributed by atoms with van der Waals surface area (Å²) < 4.78 is 0. The maximum Gasteiger partial charge on any atom is 0.0540 e. The van der Waals surface area contributed by atoms with E-state index in [2.05, 4.69) is 30.3 Å². The summed E-state index contributed by atoms with van der Waals surface area (Å²) in [5.74, 6) is 0. The van der Waals surface area contributed by atoms with Crippen molar-refractivity contribution >= 4 is 5.57 Å². The smallest absolute Gasteiger partial charge is 0.0540 e. The van der Waals surface area contributed by atoms with Gasteiger partial charge >= 0.3 is 0 Å². The van der Waals surface area contributed by atoms with E-state index in [1.54, 1.807) is 0 Å². The monoisotopic (exact) mass is 485 g/mol. The molecule has 2 saturated carbocycles. The van der Waals surface area contributed by atoms with Crippen LogP contribution in [0.1, 0.15) is 37.3 Å². The van der Waals surface area contributed by atoms with Crippen molar-refractivity contribution in [1.29, 1.82) is 0 Å². The molecule has 0 heterocycles. The van der Waals surface area contributed by atoms with E-state index in [9.17, 15) is 5.11 Å². The Balaban J connectivity index is 0.000000356. The van der Waals surface area contributed by atoms with Gasteiger partial charge in [0, 0.05) is 26.2 Å². The molecule has 158 valence electrons. The second-order valence-electron chi connectivity index (χ2n) is 6.86. The molecule has 2 aromatic rings. The van der Waals surface area contributed by atoms with Crippen LogP contribution in [0.25, 0.3) is 5.57 Å². The summed E-state index contributed by atoms with van der Waals surface area (Å²) in [6, 6.07) is 20.5. The molecule has 0 aromatic heterocycles. The second-order valence-corrected chi connectivity index (χ2v) is 6.86. The molecular weight excluding hydrogens is 456 g/mol. The fourth-order valence-corrected chi connectivity index (χ4v) is 2.77. The van der Waals surface area contributed by atoms with Gasteiger partial charge in [-0.2, -0.15) is 0 Å². The molecule has 0 aliphatic heterocycles. The van der Waals surface area contributed by atoms with Crippen LogP contribution in [0.2, 0.25) is 0 Å². The third-order valence-electron chi connectivity index (χ3n) is 4.50. The van der Waals surface area contributed by atoms with Gasteiger partial charge in [0.2, 0.25) is 0 Å². The minimum Gasteiger partial charge on any atom is -0.393 e. The van der Waals surface area contributed by atoms with Crippen molar-refractivity contribution in [1.82, 2.24) is 0 Å². The first-order valence-corrected chi connectivity index (χ1v) is 10.5. The van der Waals surface area contributed by atoms with Crippen LogP contribution in [-0.4, -0.2) is 11.2 Å². The zero-order valence-corrected chi connectivity index (χ0v) is 20.7. The third kappa shape index (κ3) is 13.2. The van der Waals surface area contributed by atoms with Gasteiger partial charge in [0.25, 0.3) is 0 Å². The zero-order valence-electron chi connectivity index (χ0n) is 18.2. The summed E-state index contributed by atoms with van der Waals surface area (Å²) in [6.07, 6.45) is 25.7. The minimum atomic E-state index is -0.230. The predicted molar refractivity (Wildman–Crippen MR) is 127 cm³/mol. The SMILES string of the molecule is CCC(O)CCC(=[C-]c1ccccc1)c1ccccc1.[CH]1[CH][CH][CH][CH]1.[CH]1[CH][CH][CH][CH]1.[Zr]. The van der Waals surface area contributed by atoms with E-state index < -0.39 is 0 Å². The Morgan fingerprint density at radius 2 is 1.13 bits per heavy atom. The van der Waals surface area contributed by atoms with Crippen LogP contribution in [0, 0.1) is 70.3 Å². The number of aliphatic hydroxyl groups is 1. The van der Waals surface area contributed by atoms with Crippen LogP contribution >= 0.6 is 0 Å². The summed E-state index contributed by atoms with van der Waals surface area (Å²) >= 11 is 0. The van der Waals surface area contributed by atoms with Crippen LogP contribution in [0.15, 0.2) is 60.7 Å². The topological polar surface area (TPSA) is 20.2 Å². The number of rotatable bonds is 6. The molecule has 10 radical (unpaired) electrons. The number of aliphatic hydroxyl groups excluding tert-OH is 1. The molecule has 1 unspecified atom stereocenters. The molecule has 31 heavy (non-hydrogen) atoms. The van der Waals surface area contributed by atoms with Crippen LogP contribution in [0.4, 0.5) is 0 Å². The molecule has 0 amide bonds. The van der Waals surface area contributed by atoms with E-state index in [-0.39, 0.29) is 32.3 Å². The molecule has 2 heteroatoms. The Bertz CT molecular complexity index is 647. The van der Waals surface area contributed by atoms with Crippen LogP contribution in [-0.2, 0) is 26.2 Å². The van der Waals surface area contributed by atoms with Gasteiger partial charge in [-0.05, 0) is 83.5 Å². The van der Waals surface area contributed by atoms with E-state index in [1.165, 1.54) is 5.56 Å². The molecule has 1 nitrogen and oxygen atoms in total. The van der Waals surface area contributed by atoms with Crippen molar-refractivity contribution in [2.24, 2.45) is 0 Å². The second kappa shape index (κ2) is 18.6. The molecule has 1 N–H and O–H groups in total. The number of benzene rings is 2. The largest absolute Gasteiger partial charge is 0.393 e. The maximum atomic E-state index is 9.78. The van der Waals surface area contributed by atoms with Gasteiger partial charge in [-0.3, -0.25) is 0 Å². The van der Waals surface area contributed by atoms with Gasteiger partial charge in [-0.15, -0.1) is 41.5 Å². The van der Waals surface area contributed by atoms with Gasteiger partial charge in [0.1, 0.15) is 0 Å². The average molecular weight is 487 g/mol. The Hall–Kier alpha value is -0.977. The molecule has 2 aliphatic carbocycles. The van der Waals surface area contributed by atoms with Crippen LogP contribution < -0.4 is 0 Å². The van der Waals surface area contributed by atoms with Crippen molar-refractivity contribution in [2.45, 2.75) is 32.3 Å². The van der Waals surface area contributed by atoms with E-state index in [0.717, 1.165) is 30.4 Å². The fraction of sp³-hybridized carbons (Fsp3) is 0.172. The van der Waals surface area contributed by atoms with E-state index >= 15 is 0 Å². The average Bonchev–Trinajstić information content (AvgIpc) is 3.57. The van der Waals surface area contributed by atoms with Gasteiger partial charge in [-0.25, -0.2) is 0 Å². The third-order valence-corrected chi connectivity index (χ3v) is 4.50. The molecule has 2 fully saturated rings. The van der Waals surface area contributed by atoms with Crippen LogP contribution in [0.5, 0.6) is 0 Å². The van der Waals surface area contributed by atoms with Gasteiger partial charge in [-0.1, -0.05) is 48.9 Å². The molecule has 4 rings (SSSR count). The molecule has 1 atom stereocenters. The molecule has 0 spiro atoms. The Kier molecular flexibility index (Phi) is 16.8. The van der Waals surface area contributed by atoms with Gasteiger partial charge < -0.3 is 5.11 Å². The first-order valence-electron chi connectivity index (χ1n) is 10.5. The molecule has 0 bridgehead atoms. The van der Waals surface area contributed by atoms with Gasteiger partial charge in [0.15, 0.2) is 0 Å². The molecule has 2 aliphatic rings. The van der Waals surface area contributed by atoms with Crippen molar-refractivity contribution < 1.29 is 31.3 Å². The summed E-state index contributed by atoms with van der Waals surface area (Å²) in [7, 11) is 0. The summed E-state index contributed by atoms with van der Waals surface area (Å²) in [5, 5.41) is 9.78. The van der Waals surface area contributed by atoms with Crippen LogP contribution in [0.3, 0.4) is 0 Å². The van der Waals surface area contributed by atoms with Crippen molar-refractivity contribution in [3.63, 3.8) is 0 Å². The number of hydrogen-bond acceptors (Lipinski definition) is 1. The van der Waals surface area contributed by atoms with E-state index in [1.807, 2.05) is 108 Å². The maximum absolute atomic E-state index is 9.78. The molecule has 0 saturated heterocycles. The normalized spacial score (nSPS) is 16.3. The van der Waals surface area contributed by atoms with Gasteiger partial charge in [0.05, 0.1) is 6.10 Å². The standard InChI is InChI=1S/C19H21O.2C5H5.Zr/c1-2-19(20)14-13-18(17-11-7-4-8-12-17)15-16-9-5-3-6-10-16;2*1-2-4-5-3-1;/h3-12,19-20H,2,13-14H2,1H3;2*1-5H;/q-1;;;. The first kappa shape index (κ1) is 28.1. The van der Waals surface area contributed by atoms with Crippen molar-refractivity contribution in [3.8, 4) is 0 Å². The molecular formula is C29H31OZr-. The number of hydrogen-bond donors (Lipinski definition) is 1. The Labute approximate surface area is 210 Å². The summed E-state index contributed by atoms with van der Waals surface area (Å²) in [6.45, 7) is 2.01.